The van der Waals surface area contributed by atoms with Gasteiger partial charge in [0.05, 0.1) is 18.4 Å². The zero-order valence-electron chi connectivity index (χ0n) is 22.8. The van der Waals surface area contributed by atoms with Gasteiger partial charge in [0.1, 0.15) is 37.0 Å². The Balaban J connectivity index is 0.000000508. The Morgan fingerprint density at radius 3 is 2.13 bits per heavy atom. The number of aliphatic carboxylic acids is 1. The second-order valence-electron chi connectivity index (χ2n) is 9.85. The lowest BCUT2D eigenvalue weighted by Gasteiger charge is -2.42. The highest BCUT2D eigenvalue weighted by Crippen LogP contribution is 2.37. The molecule has 11 nitrogen and oxygen atoms in total. The summed E-state index contributed by atoms with van der Waals surface area (Å²) in [4.78, 5) is 32.4. The molecule has 2 unspecified atom stereocenters. The van der Waals surface area contributed by atoms with Gasteiger partial charge in [-0.15, -0.1) is 0 Å². The van der Waals surface area contributed by atoms with Gasteiger partial charge in [0.25, 0.3) is 0 Å². The van der Waals surface area contributed by atoms with E-state index < -0.39 is 55.5 Å². The first-order chi connectivity index (χ1) is 17.9. The van der Waals surface area contributed by atoms with Gasteiger partial charge in [-0.25, -0.2) is 4.79 Å². The van der Waals surface area contributed by atoms with Gasteiger partial charge in [-0.3, -0.25) is 4.79 Å². The number of rotatable bonds is 10. The number of carbonyl (C=O) groups excluding carboxylic acids is 2. The van der Waals surface area contributed by atoms with Gasteiger partial charge in [0.15, 0.2) is 6.29 Å². The molecule has 0 spiro atoms. The number of aliphatic hydroxyl groups is 4. The van der Waals surface area contributed by atoms with Gasteiger partial charge in [0, 0.05) is 17.9 Å². The van der Waals surface area contributed by atoms with Crippen molar-refractivity contribution in [2.45, 2.75) is 85.0 Å². The van der Waals surface area contributed by atoms with Crippen LogP contribution in [0.2, 0.25) is 0 Å². The van der Waals surface area contributed by atoms with Gasteiger partial charge in [-0.2, -0.15) is 0 Å². The number of allylic oxidation sites excluding steroid dienone is 3. The van der Waals surface area contributed by atoms with E-state index in [1.807, 2.05) is 34.6 Å². The number of carboxylic acids is 1. The van der Waals surface area contributed by atoms with Crippen molar-refractivity contribution in [2.24, 2.45) is 23.7 Å². The fraction of sp³-hybridized carbons (Fsp3) is 0.667. The Morgan fingerprint density at radius 2 is 1.71 bits per heavy atom. The first kappa shape index (κ1) is 33.6. The summed E-state index contributed by atoms with van der Waals surface area (Å²) >= 11 is 0. The molecular weight excluding hydrogens is 500 g/mol. The van der Waals surface area contributed by atoms with Gasteiger partial charge in [-0.1, -0.05) is 39.8 Å². The fourth-order valence-electron chi connectivity index (χ4n) is 4.53. The molecule has 1 fully saturated rings. The van der Waals surface area contributed by atoms with E-state index in [2.05, 4.69) is 0 Å². The Morgan fingerprint density at radius 1 is 1.08 bits per heavy atom. The molecule has 2 aliphatic rings. The van der Waals surface area contributed by atoms with E-state index in [1.54, 1.807) is 19.1 Å². The minimum Gasteiger partial charge on any atom is -0.478 e. The predicted molar refractivity (Wildman–Crippen MR) is 136 cm³/mol. The van der Waals surface area contributed by atoms with Gasteiger partial charge in [0.2, 0.25) is 6.29 Å². The van der Waals surface area contributed by atoms with Crippen LogP contribution in [0.15, 0.2) is 35.1 Å². The Bertz CT molecular complexity index is 874. The standard InChI is InChI=1S/C17H26O9.C10H16O2/c1-4-8-11(7(2)3)9(15(22)23)6-24-16(8)26-17-14(21)13(20)12(19)10(5-18)25-17;1-4-9(7-12)10(5-6-11)8(2)3/h4,6-7,10-14,16-21H,5H2,1-3H3,(H,22,23);4,6-8,10H,5H2,1-3H3/b8-4+;9-4-/t10-,11?,12-,13+,14-,16+,17+;/m1./s1. The summed E-state index contributed by atoms with van der Waals surface area (Å²) < 4.78 is 16.3. The van der Waals surface area contributed by atoms with Crippen LogP contribution in [0.4, 0.5) is 0 Å². The Labute approximate surface area is 223 Å². The van der Waals surface area contributed by atoms with Crippen molar-refractivity contribution in [1.29, 1.82) is 0 Å². The van der Waals surface area contributed by atoms with Crippen LogP contribution >= 0.6 is 0 Å². The molecule has 2 rings (SSSR count). The molecule has 0 aromatic carbocycles. The number of aliphatic hydroxyl groups excluding tert-OH is 4. The van der Waals surface area contributed by atoms with E-state index in [4.69, 9.17) is 14.2 Å². The molecule has 0 aromatic heterocycles. The monoisotopic (exact) mass is 542 g/mol. The fourth-order valence-corrected chi connectivity index (χ4v) is 4.53. The summed E-state index contributed by atoms with van der Waals surface area (Å²) in [5, 5.41) is 48.4. The van der Waals surface area contributed by atoms with Crippen molar-refractivity contribution in [3.05, 3.63) is 35.1 Å². The largest absolute Gasteiger partial charge is 0.478 e. The van der Waals surface area contributed by atoms with Crippen LogP contribution < -0.4 is 0 Å². The number of carboxylic acid groups (broad SMARTS) is 1. The van der Waals surface area contributed by atoms with Crippen LogP contribution in [0.3, 0.4) is 0 Å². The minimum absolute atomic E-state index is 0.0617. The third-order valence-electron chi connectivity index (χ3n) is 6.69. The average molecular weight is 543 g/mol. The Hall–Kier alpha value is -2.41. The van der Waals surface area contributed by atoms with Crippen molar-refractivity contribution in [3.63, 3.8) is 0 Å². The number of hydrogen-bond acceptors (Lipinski definition) is 10. The number of ether oxygens (including phenoxy) is 3. The molecule has 11 heteroatoms. The molecule has 8 atom stereocenters. The second kappa shape index (κ2) is 15.9. The van der Waals surface area contributed by atoms with E-state index >= 15 is 0 Å². The SMILES string of the molecule is C/C=C(/C=O)C(CC=O)C(C)C.C/C=C1\C(C(C)C)C(C(=O)O)=CO[C@H]1O[C@@H]1O[C@H](CO)[C@@H](O)[C@H](O)[C@H]1O. The lowest BCUT2D eigenvalue weighted by molar-refractivity contribution is -0.328. The van der Waals surface area contributed by atoms with Crippen molar-refractivity contribution >= 4 is 18.5 Å². The van der Waals surface area contributed by atoms with Crippen LogP contribution in [0.1, 0.15) is 48.0 Å². The van der Waals surface area contributed by atoms with Crippen LogP contribution in [-0.4, -0.2) is 87.7 Å². The molecule has 2 aliphatic heterocycles. The third-order valence-corrected chi connectivity index (χ3v) is 6.69. The van der Waals surface area contributed by atoms with E-state index in [0.29, 0.717) is 17.9 Å². The van der Waals surface area contributed by atoms with Gasteiger partial charge >= 0.3 is 5.97 Å². The van der Waals surface area contributed by atoms with Crippen molar-refractivity contribution in [2.75, 3.05) is 6.61 Å². The van der Waals surface area contributed by atoms with E-state index in [-0.39, 0.29) is 17.4 Å². The molecule has 0 aromatic rings. The molecule has 0 aliphatic carbocycles. The first-order valence-corrected chi connectivity index (χ1v) is 12.7. The summed E-state index contributed by atoms with van der Waals surface area (Å²) in [5.74, 6) is -1.21. The number of hydrogen-bond donors (Lipinski definition) is 5. The maximum absolute atomic E-state index is 11.5. The highest BCUT2D eigenvalue weighted by atomic mass is 16.8. The topological polar surface area (TPSA) is 180 Å². The molecule has 0 radical (unpaired) electrons. The molecule has 216 valence electrons. The second-order valence-corrected chi connectivity index (χ2v) is 9.85. The predicted octanol–water partition coefficient (Wildman–Crippen LogP) is 1.34. The quantitative estimate of drug-likeness (QED) is 0.153. The summed E-state index contributed by atoms with van der Waals surface area (Å²) in [6, 6.07) is 0. The van der Waals surface area contributed by atoms with Crippen molar-refractivity contribution in [3.8, 4) is 0 Å². The highest BCUT2D eigenvalue weighted by Gasteiger charge is 2.46. The molecule has 38 heavy (non-hydrogen) atoms. The molecule has 2 heterocycles. The summed E-state index contributed by atoms with van der Waals surface area (Å²) in [6.07, 6.45) is -1.46. The van der Waals surface area contributed by atoms with Gasteiger partial charge in [-0.05, 0) is 37.2 Å². The normalized spacial score (nSPS) is 31.7. The van der Waals surface area contributed by atoms with Crippen LogP contribution in [0.5, 0.6) is 0 Å². The maximum Gasteiger partial charge on any atom is 0.335 e. The lowest BCUT2D eigenvalue weighted by Crippen LogP contribution is -2.60. The molecule has 0 saturated carbocycles. The zero-order chi connectivity index (χ0) is 29.2. The Kier molecular flexibility index (Phi) is 14.0. The maximum atomic E-state index is 11.5. The lowest BCUT2D eigenvalue weighted by atomic mass is 9.80. The minimum atomic E-state index is -1.57. The summed E-state index contributed by atoms with van der Waals surface area (Å²) in [6.45, 7) is 10.7. The van der Waals surface area contributed by atoms with E-state index in [0.717, 1.165) is 24.4 Å². The zero-order valence-corrected chi connectivity index (χ0v) is 22.8. The summed E-state index contributed by atoms with van der Waals surface area (Å²) in [5.41, 5.74) is 1.36. The molecule has 0 amide bonds. The van der Waals surface area contributed by atoms with E-state index in [1.165, 1.54) is 0 Å². The van der Waals surface area contributed by atoms with Crippen LogP contribution in [0.25, 0.3) is 0 Å². The number of aldehydes is 2. The highest BCUT2D eigenvalue weighted by molar-refractivity contribution is 5.88. The third kappa shape index (κ3) is 8.29. The number of carbonyl (C=O) groups is 3. The van der Waals surface area contributed by atoms with E-state index in [9.17, 15) is 39.9 Å². The molecule has 5 N–H and O–H groups in total. The van der Waals surface area contributed by atoms with Gasteiger partial charge < -0.3 is 44.5 Å². The molecule has 1 saturated heterocycles. The smallest absolute Gasteiger partial charge is 0.335 e. The van der Waals surface area contributed by atoms with Crippen molar-refractivity contribution in [1.82, 2.24) is 0 Å². The van der Waals surface area contributed by atoms with Crippen molar-refractivity contribution < 1.29 is 54.1 Å². The van der Waals surface area contributed by atoms with Crippen LogP contribution in [-0.2, 0) is 28.6 Å². The molecule has 0 bridgehead atoms. The average Bonchev–Trinajstić information content (AvgIpc) is 2.88. The molecular formula is C27H42O11. The van der Waals surface area contributed by atoms with Crippen LogP contribution in [0, 0.1) is 23.7 Å². The summed E-state index contributed by atoms with van der Waals surface area (Å²) in [7, 11) is 0. The first-order valence-electron chi connectivity index (χ1n) is 12.7.